The number of hydrogen-bond acceptors (Lipinski definition) is 20. The van der Waals surface area contributed by atoms with Crippen molar-refractivity contribution >= 4 is 150 Å². The Balaban J connectivity index is 0.000000128. The summed E-state index contributed by atoms with van der Waals surface area (Å²) >= 11 is 18.2. The normalized spacial score (nSPS) is 14.2. The van der Waals surface area contributed by atoms with Crippen molar-refractivity contribution in [2.45, 2.75) is 18.9 Å². The van der Waals surface area contributed by atoms with E-state index in [0.717, 1.165) is 156 Å². The molecule has 0 radical (unpaired) electrons. The van der Waals surface area contributed by atoms with Gasteiger partial charge in [-0.25, -0.2) is 59.3 Å². The lowest BCUT2D eigenvalue weighted by Crippen LogP contribution is -2.53. The molecule has 12 heterocycles. The number of anilines is 4. The number of aliphatic hydroxyl groups is 1. The van der Waals surface area contributed by atoms with Crippen molar-refractivity contribution in [1.29, 1.82) is 0 Å². The molecule has 9 N–H and O–H groups in total. The molecule has 4 amide bonds. The van der Waals surface area contributed by atoms with Gasteiger partial charge in [-0.15, -0.1) is 0 Å². The first-order valence-corrected chi connectivity index (χ1v) is 47.6. The third-order valence-corrected chi connectivity index (χ3v) is 26.1. The number of likely N-dealkylation sites (N-methyl/N-ethyl adjacent to an activating group) is 2. The Kier molecular flexibility index (Phi) is 29.6. The van der Waals surface area contributed by atoms with Gasteiger partial charge < -0.3 is 80.4 Å². The Labute approximate surface area is 854 Å². The van der Waals surface area contributed by atoms with Crippen LogP contribution in [0.25, 0.3) is 155 Å². The summed E-state index contributed by atoms with van der Waals surface area (Å²) in [6, 6.07) is 70.3. The molecule has 0 saturated carbocycles. The first kappa shape index (κ1) is 98.2. The Morgan fingerprint density at radius 1 is 0.336 bits per heavy atom. The van der Waals surface area contributed by atoms with Crippen LogP contribution in [0.1, 0.15) is 35.1 Å². The van der Waals surface area contributed by atoms with Gasteiger partial charge in [-0.3, -0.25) is 19.2 Å². The number of fused-ring (bicyclic) bond motifs is 4. The summed E-state index contributed by atoms with van der Waals surface area (Å²) in [5.41, 5.74) is 41.5. The summed E-state index contributed by atoms with van der Waals surface area (Å²) in [6.07, 6.45) is 21.5. The van der Waals surface area contributed by atoms with Crippen molar-refractivity contribution in [2.75, 3.05) is 116 Å². The zero-order valence-corrected chi connectivity index (χ0v) is 81.3. The maximum atomic E-state index is 13.1. The first-order valence-electron chi connectivity index (χ1n) is 46.5. The van der Waals surface area contributed by atoms with Crippen molar-refractivity contribution < 1.29 is 29.0 Å². The standard InChI is InChI=1S/C33H29N7O2.C27H24ClN7O.C26H21ClN6O.C25H19ClN6O2/c1-35-29(33(41)39-17-15-38(2)16-18-39)20-23-7-6-8-25(19-23)40-21-28(30-31(34)36-22-37-32(30)40)24-11-13-27(14-12-24)42-26-9-4-3-5-10-26;1-30-23(27(36)34-12-10-33(2)11-13-34)15-18-4-3-5-21(14-18)35-16-22(19-6-8-20(28)9-7-19)24-25(29)31-17-32-26(24)35;1-29-22(26(34)32-11-2-3-12-32)14-17-5-4-6-20(13-17)33-15-21(18-7-9-19(27)10-8-18)23-24(28)30-16-31-25(23)33;1-28-21(25(34)31-11-19(33)12-31)10-15-3-2-4-18(9-15)32-13-20(16-5-7-17(26)8-6-16)22-23(27)29-14-30-24(22)32/h3-14,19-22H,15-18H2,2H3,(H2,34,36,37);3-9,14-17H,10-13H2,2H3,(H2,29,31,32);4-10,13-16H,2-3,11-12H2,(H2,28,30,31);2-10,13-14,19,33H,11-12H2,(H2,27,29,30)/b29-20-;23-15-;22-14-;21-10-. The van der Waals surface area contributed by atoms with E-state index < -0.39 is 6.10 Å². The second-order valence-corrected chi connectivity index (χ2v) is 36.3. The van der Waals surface area contributed by atoms with Crippen molar-refractivity contribution in [2.24, 2.45) is 0 Å². The number of ether oxygens (including phenoxy) is 1. The van der Waals surface area contributed by atoms with Gasteiger partial charge in [0.05, 0.1) is 53.9 Å². The smallest absolute Gasteiger partial charge is 0.253 e. The van der Waals surface area contributed by atoms with E-state index in [1.165, 1.54) is 30.2 Å². The number of nitrogens with two attached hydrogens (primary N) is 4. The third-order valence-electron chi connectivity index (χ3n) is 25.3. The van der Waals surface area contributed by atoms with E-state index in [9.17, 15) is 24.3 Å². The molecular weight excluding hydrogens is 1900 g/mol. The van der Waals surface area contributed by atoms with Gasteiger partial charge in [0.15, 0.2) is 22.6 Å². The topological polar surface area (TPSA) is 362 Å². The van der Waals surface area contributed by atoms with Crippen LogP contribution in [-0.4, -0.2) is 215 Å². The van der Waals surface area contributed by atoms with E-state index >= 15 is 0 Å². The number of carbonyl (C=O) groups is 4. The highest BCUT2D eigenvalue weighted by molar-refractivity contribution is 6.31. The molecule has 0 spiro atoms. The zero-order valence-electron chi connectivity index (χ0n) is 79.0. The molecule has 146 heavy (non-hydrogen) atoms. The lowest BCUT2D eigenvalue weighted by atomic mass is 10.1. The molecule has 0 unspecified atom stereocenters. The number of rotatable bonds is 18. The van der Waals surface area contributed by atoms with Gasteiger partial charge in [-0.05, 0) is 205 Å². The summed E-state index contributed by atoms with van der Waals surface area (Å²) < 4.78 is 13.7. The second kappa shape index (κ2) is 44.0. The van der Waals surface area contributed by atoms with Crippen molar-refractivity contribution in [3.05, 3.63) is 380 Å². The second-order valence-electron chi connectivity index (χ2n) is 34.9. The summed E-state index contributed by atoms with van der Waals surface area (Å²) in [6.45, 7) is 37.8. The number of nitrogen functional groups attached to an aromatic ring is 4. The van der Waals surface area contributed by atoms with Gasteiger partial charge >= 0.3 is 0 Å². The summed E-state index contributed by atoms with van der Waals surface area (Å²) in [5.74, 6) is 1.92. The van der Waals surface area contributed by atoms with Gasteiger partial charge in [-0.2, -0.15) is 0 Å². The maximum Gasteiger partial charge on any atom is 0.253 e. The highest BCUT2D eigenvalue weighted by atomic mass is 35.5. The Morgan fingerprint density at radius 3 is 0.870 bits per heavy atom. The number of hydrogen-bond donors (Lipinski definition) is 5. The van der Waals surface area contributed by atoms with E-state index in [4.69, 9.17) is 88.8 Å². The molecule has 9 aromatic carbocycles. The number of piperazine rings is 2. The number of likely N-dealkylation sites (tertiary alicyclic amines) is 2. The van der Waals surface area contributed by atoms with Gasteiger partial charge in [-0.1, -0.05) is 150 Å². The number of carbonyl (C=O) groups excluding carboxylic acids is 4. The van der Waals surface area contributed by atoms with Crippen molar-refractivity contribution in [3.63, 3.8) is 0 Å². The molecule has 724 valence electrons. The van der Waals surface area contributed by atoms with E-state index in [-0.39, 0.29) is 59.5 Å². The predicted octanol–water partition coefficient (Wildman–Crippen LogP) is 18.8. The quantitative estimate of drug-likeness (QED) is 0.0393. The van der Waals surface area contributed by atoms with Crippen molar-refractivity contribution in [3.8, 4) is 78.8 Å². The molecule has 8 aromatic heterocycles. The molecule has 4 aliphatic heterocycles. The average molecular weight is 1990 g/mol. The van der Waals surface area contributed by atoms with Gasteiger partial charge in [0.1, 0.15) is 60.1 Å². The zero-order chi connectivity index (χ0) is 102. The fourth-order valence-electron chi connectivity index (χ4n) is 17.7. The first-order chi connectivity index (χ1) is 70.9. The number of halogens is 3. The maximum absolute atomic E-state index is 13.1. The molecule has 21 rings (SSSR count). The minimum absolute atomic E-state index is 0.00478. The molecule has 35 heteroatoms. The fraction of sp³-hybridized carbons (Fsp3) is 0.153. The van der Waals surface area contributed by atoms with E-state index in [1.54, 1.807) is 39.0 Å². The summed E-state index contributed by atoms with van der Waals surface area (Å²) in [4.78, 5) is 111. The van der Waals surface area contributed by atoms with Crippen LogP contribution in [0.2, 0.25) is 15.1 Å². The lowest BCUT2D eigenvalue weighted by Gasteiger charge is -2.35. The number of amides is 4. The monoisotopic (exact) mass is 1990 g/mol. The highest BCUT2D eigenvalue weighted by Gasteiger charge is 2.33. The van der Waals surface area contributed by atoms with E-state index in [1.807, 2.05) is 282 Å². The molecular formula is C111H93Cl3N26O6. The lowest BCUT2D eigenvalue weighted by molar-refractivity contribution is -0.136. The largest absolute Gasteiger partial charge is 0.457 e. The number of nitrogens with zero attached hydrogens (tertiary/aromatic N) is 22. The minimum Gasteiger partial charge on any atom is -0.457 e. The van der Waals surface area contributed by atoms with Crippen LogP contribution in [-0.2, 0) is 19.2 Å². The summed E-state index contributed by atoms with van der Waals surface area (Å²) in [7, 11) is 4.06. The number of aliphatic hydroxyl groups excluding tert-OH is 1. The van der Waals surface area contributed by atoms with Gasteiger partial charge in [0, 0.05) is 163 Å². The van der Waals surface area contributed by atoms with Crippen LogP contribution >= 0.6 is 34.8 Å². The minimum atomic E-state index is -0.523. The molecule has 0 bridgehead atoms. The number of β-amino-alcohol motifs (C(OH)–C–C–N with tert-alkyl or cyclic N) is 1. The number of para-hydroxylation sites is 1. The van der Waals surface area contributed by atoms with Crippen molar-refractivity contribution in [1.82, 2.24) is 87.5 Å². The molecule has 0 aliphatic carbocycles. The Morgan fingerprint density at radius 2 is 0.596 bits per heavy atom. The van der Waals surface area contributed by atoms with Crippen LogP contribution in [0, 0.1) is 26.3 Å². The molecule has 32 nitrogen and oxygen atoms in total. The van der Waals surface area contributed by atoms with E-state index in [0.29, 0.717) is 106 Å². The summed E-state index contributed by atoms with van der Waals surface area (Å²) in [5, 5.41) is 14.3. The third kappa shape index (κ3) is 21.7. The average Bonchev–Trinajstić information content (AvgIpc) is 1.62. The predicted molar refractivity (Wildman–Crippen MR) is 571 cm³/mol. The number of aromatic nitrogens is 12. The molecule has 0 atom stereocenters. The Bertz CT molecular complexity index is 8170. The van der Waals surface area contributed by atoms with Crippen LogP contribution in [0.3, 0.4) is 0 Å². The SMILES string of the molecule is [C-]#[N+]/C(=C\c1cccc(-n2cc(-c3ccc(Cl)cc3)c3c(N)ncnc32)c1)C(=O)N1CC(O)C1.[C-]#[N+]/C(=C\c1cccc(-n2cc(-c3ccc(Cl)cc3)c3c(N)ncnc32)c1)C(=O)N1CCCC1.[C-]#[N+]/C(=C\c1cccc(-n2cc(-c3ccc(Cl)cc3)c3c(N)ncnc32)c1)C(=O)N1CCN(C)CC1.[C-]#[N+]/C(=C\c1cccc(-n2cc(-c3ccc(Oc4ccccc4)cc3)c3c(N)ncnc32)c1)C(=O)N1CCN(C)CC1. The van der Waals surface area contributed by atoms with Crippen LogP contribution in [0.5, 0.6) is 11.5 Å². The molecule has 4 saturated heterocycles. The van der Waals surface area contributed by atoms with Crippen LogP contribution in [0.4, 0.5) is 23.3 Å². The Hall–Kier alpha value is -18.0. The van der Waals surface area contributed by atoms with Gasteiger partial charge in [0.25, 0.3) is 46.4 Å². The molecule has 4 aliphatic rings. The molecule has 4 fully saturated rings. The van der Waals surface area contributed by atoms with E-state index in [2.05, 4.69) is 69.1 Å². The fourth-order valence-corrected chi connectivity index (χ4v) is 18.1. The van der Waals surface area contributed by atoms with Gasteiger partial charge in [0.2, 0.25) is 0 Å². The number of benzene rings is 9. The highest BCUT2D eigenvalue weighted by Crippen LogP contribution is 2.42. The van der Waals surface area contributed by atoms with Crippen LogP contribution in [0.15, 0.2) is 297 Å². The van der Waals surface area contributed by atoms with Crippen LogP contribution < -0.4 is 27.7 Å². The molecule has 17 aromatic rings.